The van der Waals surface area contributed by atoms with Gasteiger partial charge < -0.3 is 10.2 Å². The molecule has 3 nitrogen and oxygen atoms in total. The molecule has 0 aromatic rings. The average Bonchev–Trinajstić information content (AvgIpc) is 2.54. The molecule has 0 heterocycles. The first kappa shape index (κ1) is 21.0. The zero-order valence-electron chi connectivity index (χ0n) is 15.6. The lowest BCUT2D eigenvalue weighted by molar-refractivity contribution is 0.272. The summed E-state index contributed by atoms with van der Waals surface area (Å²) >= 11 is 0. The van der Waals surface area contributed by atoms with Crippen molar-refractivity contribution >= 4 is 6.21 Å². The first-order valence-corrected chi connectivity index (χ1v) is 8.18. The third-order valence-electron chi connectivity index (χ3n) is 3.67. The molecule has 0 aliphatic heterocycles. The summed E-state index contributed by atoms with van der Waals surface area (Å²) in [5, 5.41) is 3.32. The van der Waals surface area contributed by atoms with E-state index in [-0.39, 0.29) is 12.1 Å². The molecule has 0 spiro atoms. The Morgan fingerprint density at radius 3 is 2.43 bits per heavy atom. The highest BCUT2D eigenvalue weighted by Crippen LogP contribution is 2.15. The second-order valence-electron chi connectivity index (χ2n) is 5.57. The Bertz CT molecular complexity index is 481. The van der Waals surface area contributed by atoms with Gasteiger partial charge in [-0.2, -0.15) is 0 Å². The van der Waals surface area contributed by atoms with E-state index >= 15 is 0 Å². The van der Waals surface area contributed by atoms with Gasteiger partial charge in [0.2, 0.25) is 0 Å². The quantitative estimate of drug-likeness (QED) is 0.355. The van der Waals surface area contributed by atoms with Crippen molar-refractivity contribution in [2.75, 3.05) is 7.05 Å². The van der Waals surface area contributed by atoms with Crippen LogP contribution in [-0.4, -0.2) is 30.2 Å². The van der Waals surface area contributed by atoms with Gasteiger partial charge in [-0.05, 0) is 53.2 Å². The highest BCUT2D eigenvalue weighted by molar-refractivity contribution is 5.71. The van der Waals surface area contributed by atoms with Gasteiger partial charge in [0.05, 0.1) is 12.1 Å². The van der Waals surface area contributed by atoms with E-state index in [2.05, 4.69) is 55.7 Å². The molecule has 0 fully saturated rings. The Morgan fingerprint density at radius 2 is 1.87 bits per heavy atom. The fraction of sp³-hybridized carbons (Fsp3) is 0.450. The van der Waals surface area contributed by atoms with Gasteiger partial charge in [0.25, 0.3) is 0 Å². The minimum Gasteiger partial charge on any atom is -0.372 e. The molecule has 128 valence electrons. The standard InChI is InChI=1S/C20H33N3/c1-8-11-14-17(4)22-16-18(5)23(7)20(13-10-3)19(6)21-15-12-9-2/h8-12,14-16,19-20,22H,3,13H2,1-2,4-7H3/b11-8-,12-9-,17-14+,18-16-,21-15?. The summed E-state index contributed by atoms with van der Waals surface area (Å²) in [6.45, 7) is 14.2. The molecule has 0 aromatic carbocycles. The molecule has 0 saturated heterocycles. The van der Waals surface area contributed by atoms with Crippen molar-refractivity contribution in [2.24, 2.45) is 4.99 Å². The van der Waals surface area contributed by atoms with E-state index in [1.807, 2.05) is 56.6 Å². The zero-order chi connectivity index (χ0) is 17.7. The van der Waals surface area contributed by atoms with E-state index in [9.17, 15) is 0 Å². The van der Waals surface area contributed by atoms with E-state index in [0.717, 1.165) is 17.8 Å². The van der Waals surface area contributed by atoms with Crippen molar-refractivity contribution in [1.29, 1.82) is 0 Å². The van der Waals surface area contributed by atoms with Gasteiger partial charge in [-0.3, -0.25) is 4.99 Å². The lowest BCUT2D eigenvalue weighted by Crippen LogP contribution is -2.38. The maximum Gasteiger partial charge on any atom is 0.0677 e. The molecule has 0 aliphatic carbocycles. The minimum absolute atomic E-state index is 0.192. The molecule has 0 rings (SSSR count). The summed E-state index contributed by atoms with van der Waals surface area (Å²) in [5.41, 5.74) is 2.27. The van der Waals surface area contributed by atoms with Crippen LogP contribution in [0.4, 0.5) is 0 Å². The number of aliphatic imine (C=N–C) groups is 1. The molecule has 0 aliphatic rings. The number of nitrogens with zero attached hydrogens (tertiary/aromatic N) is 2. The van der Waals surface area contributed by atoms with Gasteiger partial charge in [0.15, 0.2) is 0 Å². The largest absolute Gasteiger partial charge is 0.372 e. The van der Waals surface area contributed by atoms with Gasteiger partial charge >= 0.3 is 0 Å². The molecule has 3 heteroatoms. The maximum absolute atomic E-state index is 4.60. The van der Waals surface area contributed by atoms with Crippen LogP contribution in [0.25, 0.3) is 0 Å². The van der Waals surface area contributed by atoms with Crippen LogP contribution < -0.4 is 5.32 Å². The smallest absolute Gasteiger partial charge is 0.0677 e. The Morgan fingerprint density at radius 1 is 1.22 bits per heavy atom. The van der Waals surface area contributed by atoms with Crippen molar-refractivity contribution in [3.63, 3.8) is 0 Å². The van der Waals surface area contributed by atoms with E-state index < -0.39 is 0 Å². The van der Waals surface area contributed by atoms with E-state index in [0.29, 0.717) is 0 Å². The molecule has 0 radical (unpaired) electrons. The van der Waals surface area contributed by atoms with Crippen LogP contribution in [-0.2, 0) is 0 Å². The molecule has 23 heavy (non-hydrogen) atoms. The van der Waals surface area contributed by atoms with E-state index in [4.69, 9.17) is 0 Å². The van der Waals surface area contributed by atoms with Crippen LogP contribution in [0.2, 0.25) is 0 Å². The second-order valence-corrected chi connectivity index (χ2v) is 5.57. The van der Waals surface area contributed by atoms with Gasteiger partial charge in [0.1, 0.15) is 0 Å². The molecular formula is C20H33N3. The van der Waals surface area contributed by atoms with E-state index in [1.54, 1.807) is 0 Å². The minimum atomic E-state index is 0.192. The van der Waals surface area contributed by atoms with Crippen LogP contribution in [0.1, 0.15) is 41.0 Å². The summed E-state index contributed by atoms with van der Waals surface area (Å²) in [7, 11) is 2.11. The Labute approximate surface area is 142 Å². The lowest BCUT2D eigenvalue weighted by Gasteiger charge is -2.32. The van der Waals surface area contributed by atoms with Crippen LogP contribution in [0.5, 0.6) is 0 Å². The molecule has 1 N–H and O–H groups in total. The van der Waals surface area contributed by atoms with Crippen molar-refractivity contribution in [3.05, 3.63) is 60.6 Å². The fourth-order valence-corrected chi connectivity index (χ4v) is 2.09. The third kappa shape index (κ3) is 8.87. The average molecular weight is 316 g/mol. The first-order chi connectivity index (χ1) is 11.0. The molecular weight excluding hydrogens is 282 g/mol. The number of hydrogen-bond donors (Lipinski definition) is 1. The molecule has 0 amide bonds. The zero-order valence-corrected chi connectivity index (χ0v) is 15.6. The second kappa shape index (κ2) is 12.5. The van der Waals surface area contributed by atoms with Crippen LogP contribution in [0.15, 0.2) is 65.6 Å². The normalized spacial score (nSPS) is 16.3. The number of hydrogen-bond acceptors (Lipinski definition) is 3. The van der Waals surface area contributed by atoms with Gasteiger partial charge in [0, 0.05) is 30.9 Å². The summed E-state index contributed by atoms with van der Waals surface area (Å²) in [5.74, 6) is 0. The van der Waals surface area contributed by atoms with Crippen molar-refractivity contribution in [1.82, 2.24) is 10.2 Å². The van der Waals surface area contributed by atoms with Gasteiger partial charge in [-0.15, -0.1) is 6.58 Å². The molecule has 2 unspecified atom stereocenters. The number of rotatable bonds is 10. The predicted octanol–water partition coefficient (Wildman–Crippen LogP) is 4.83. The molecule has 2 atom stereocenters. The molecule has 0 aromatic heterocycles. The summed E-state index contributed by atoms with van der Waals surface area (Å²) in [6, 6.07) is 0.476. The van der Waals surface area contributed by atoms with Gasteiger partial charge in [-0.1, -0.05) is 24.3 Å². The maximum atomic E-state index is 4.60. The Balaban J connectivity index is 4.99. The summed E-state index contributed by atoms with van der Waals surface area (Å²) in [6.07, 6.45) is 16.8. The number of allylic oxidation sites excluding steroid dienone is 7. The van der Waals surface area contributed by atoms with Crippen molar-refractivity contribution < 1.29 is 0 Å². The highest BCUT2D eigenvalue weighted by atomic mass is 15.2. The predicted molar refractivity (Wildman–Crippen MR) is 105 cm³/mol. The monoisotopic (exact) mass is 315 g/mol. The Kier molecular flexibility index (Phi) is 11.4. The summed E-state index contributed by atoms with van der Waals surface area (Å²) < 4.78 is 0. The SMILES string of the molecule is C=CCC(C(C)N=C/C=C\C)N(C)/C(C)=C\N/C(C)=C/C=C\C. The van der Waals surface area contributed by atoms with E-state index in [1.165, 1.54) is 0 Å². The van der Waals surface area contributed by atoms with Gasteiger partial charge in [-0.25, -0.2) is 0 Å². The topological polar surface area (TPSA) is 27.6 Å². The van der Waals surface area contributed by atoms with Crippen LogP contribution in [0, 0.1) is 0 Å². The molecule has 0 saturated carbocycles. The van der Waals surface area contributed by atoms with Crippen LogP contribution >= 0.6 is 0 Å². The number of nitrogens with one attached hydrogen (secondary N) is 1. The molecule has 0 bridgehead atoms. The Hall–Kier alpha value is -2.03. The summed E-state index contributed by atoms with van der Waals surface area (Å²) in [4.78, 5) is 6.86. The first-order valence-electron chi connectivity index (χ1n) is 8.18. The fourth-order valence-electron chi connectivity index (χ4n) is 2.09. The van der Waals surface area contributed by atoms with Crippen molar-refractivity contribution in [3.8, 4) is 0 Å². The number of likely N-dealkylation sites (N-methyl/N-ethyl adjacent to an activating group) is 1. The highest BCUT2D eigenvalue weighted by Gasteiger charge is 2.19. The van der Waals surface area contributed by atoms with Crippen molar-refractivity contribution in [2.45, 2.75) is 53.1 Å². The third-order valence-corrected chi connectivity index (χ3v) is 3.67. The lowest BCUT2D eigenvalue weighted by atomic mass is 10.0. The van der Waals surface area contributed by atoms with Crippen LogP contribution in [0.3, 0.4) is 0 Å².